The van der Waals surface area contributed by atoms with Gasteiger partial charge in [-0.05, 0) is 74.8 Å². The second-order valence-electron chi connectivity index (χ2n) is 7.06. The summed E-state index contributed by atoms with van der Waals surface area (Å²) in [5.41, 5.74) is 6.66. The molecule has 2 amide bonds. The number of carbonyl (C=O) groups excluding carboxylic acids is 2. The van der Waals surface area contributed by atoms with Gasteiger partial charge in [-0.15, -0.1) is 0 Å². The Balaban J connectivity index is 1.87. The topological polar surface area (TPSA) is 49.4 Å². The molecular weight excluding hydrogens is 300 g/mol. The Hall–Kier alpha value is -1.84. The van der Waals surface area contributed by atoms with Gasteiger partial charge in [-0.25, -0.2) is 0 Å². The molecule has 1 fully saturated rings. The van der Waals surface area contributed by atoms with Gasteiger partial charge in [-0.1, -0.05) is 6.07 Å². The van der Waals surface area contributed by atoms with Crippen molar-refractivity contribution in [1.29, 1.82) is 0 Å². The minimum Gasteiger partial charge on any atom is -0.356 e. The van der Waals surface area contributed by atoms with Crippen LogP contribution in [0.3, 0.4) is 0 Å². The second-order valence-corrected chi connectivity index (χ2v) is 7.06. The molecular formula is C20H30N2O2. The van der Waals surface area contributed by atoms with Crippen molar-refractivity contribution in [3.8, 4) is 0 Å². The van der Waals surface area contributed by atoms with Crippen molar-refractivity contribution in [2.75, 3.05) is 19.6 Å². The van der Waals surface area contributed by atoms with Crippen molar-refractivity contribution in [3.63, 3.8) is 0 Å². The van der Waals surface area contributed by atoms with Gasteiger partial charge in [0.2, 0.25) is 11.8 Å². The molecule has 0 radical (unpaired) electrons. The first-order chi connectivity index (χ1) is 11.3. The van der Waals surface area contributed by atoms with Gasteiger partial charge >= 0.3 is 0 Å². The maximum Gasteiger partial charge on any atom is 0.223 e. The number of likely N-dealkylation sites (tertiary alicyclic amines) is 1. The lowest BCUT2D eigenvalue weighted by Gasteiger charge is -2.30. The first kappa shape index (κ1) is 18.5. The number of amides is 2. The summed E-state index contributed by atoms with van der Waals surface area (Å²) in [7, 11) is 0. The Kier molecular flexibility index (Phi) is 6.03. The molecule has 0 unspecified atom stereocenters. The number of nitrogens with zero attached hydrogens (tertiary/aromatic N) is 1. The molecule has 1 aromatic carbocycles. The molecule has 0 aliphatic carbocycles. The lowest BCUT2D eigenvalue weighted by atomic mass is 9.92. The molecule has 1 aliphatic heterocycles. The summed E-state index contributed by atoms with van der Waals surface area (Å²) < 4.78 is 0. The highest BCUT2D eigenvalue weighted by Crippen LogP contribution is 2.22. The maximum absolute atomic E-state index is 12.4. The quantitative estimate of drug-likeness (QED) is 0.923. The van der Waals surface area contributed by atoms with Crippen LogP contribution in [0, 0.1) is 33.6 Å². The highest BCUT2D eigenvalue weighted by molar-refractivity contribution is 5.79. The van der Waals surface area contributed by atoms with E-state index in [9.17, 15) is 9.59 Å². The molecule has 132 valence electrons. The fourth-order valence-corrected chi connectivity index (χ4v) is 3.59. The van der Waals surface area contributed by atoms with Gasteiger partial charge in [0.1, 0.15) is 0 Å². The van der Waals surface area contributed by atoms with Gasteiger partial charge in [0.05, 0.1) is 0 Å². The van der Waals surface area contributed by atoms with Crippen LogP contribution in [0.1, 0.15) is 47.6 Å². The van der Waals surface area contributed by atoms with Gasteiger partial charge < -0.3 is 10.2 Å². The zero-order chi connectivity index (χ0) is 17.9. The molecule has 0 spiro atoms. The molecule has 1 aromatic rings. The van der Waals surface area contributed by atoms with Crippen LogP contribution in [0.5, 0.6) is 0 Å². The number of rotatable bonds is 4. The van der Waals surface area contributed by atoms with E-state index in [1.165, 1.54) is 27.8 Å². The highest BCUT2D eigenvalue weighted by atomic mass is 16.2. The normalized spacial score (nSPS) is 15.5. The number of piperidine rings is 1. The van der Waals surface area contributed by atoms with Crippen molar-refractivity contribution in [2.24, 2.45) is 5.92 Å². The van der Waals surface area contributed by atoms with Gasteiger partial charge in [0, 0.05) is 32.5 Å². The van der Waals surface area contributed by atoms with E-state index in [4.69, 9.17) is 0 Å². The van der Waals surface area contributed by atoms with Crippen LogP contribution < -0.4 is 5.32 Å². The van der Waals surface area contributed by atoms with Crippen molar-refractivity contribution >= 4 is 11.8 Å². The van der Waals surface area contributed by atoms with E-state index in [1.807, 2.05) is 4.90 Å². The van der Waals surface area contributed by atoms with Crippen LogP contribution in [0.4, 0.5) is 0 Å². The van der Waals surface area contributed by atoms with Crippen molar-refractivity contribution < 1.29 is 9.59 Å². The number of carbonyl (C=O) groups is 2. The van der Waals surface area contributed by atoms with Crippen LogP contribution in [0.2, 0.25) is 0 Å². The lowest BCUT2D eigenvalue weighted by molar-refractivity contribution is -0.133. The number of aryl methyl sites for hydroxylation is 2. The van der Waals surface area contributed by atoms with Gasteiger partial charge in [0.15, 0.2) is 0 Å². The van der Waals surface area contributed by atoms with E-state index in [-0.39, 0.29) is 17.7 Å². The maximum atomic E-state index is 12.4. The van der Waals surface area contributed by atoms with Crippen molar-refractivity contribution in [2.45, 2.75) is 53.9 Å². The van der Waals surface area contributed by atoms with E-state index >= 15 is 0 Å². The average molecular weight is 330 g/mol. The Morgan fingerprint density at radius 3 is 2.12 bits per heavy atom. The average Bonchev–Trinajstić information content (AvgIpc) is 2.56. The third-order valence-corrected chi connectivity index (χ3v) is 5.51. The molecule has 1 heterocycles. The molecule has 4 nitrogen and oxygen atoms in total. The summed E-state index contributed by atoms with van der Waals surface area (Å²) in [6.07, 6.45) is 2.41. The van der Waals surface area contributed by atoms with E-state index in [1.54, 1.807) is 6.92 Å². The summed E-state index contributed by atoms with van der Waals surface area (Å²) in [6.45, 7) is 12.3. The van der Waals surface area contributed by atoms with Crippen molar-refractivity contribution in [3.05, 3.63) is 33.9 Å². The Bertz CT molecular complexity index is 603. The second kappa shape index (κ2) is 7.82. The van der Waals surface area contributed by atoms with Gasteiger partial charge in [-0.2, -0.15) is 0 Å². The molecule has 1 saturated heterocycles. The molecule has 4 heteroatoms. The molecule has 0 aromatic heterocycles. The predicted octanol–water partition coefficient (Wildman–Crippen LogP) is 2.84. The Labute approximate surface area is 145 Å². The molecule has 0 saturated carbocycles. The number of benzene rings is 1. The minimum absolute atomic E-state index is 0.0436. The van der Waals surface area contributed by atoms with Gasteiger partial charge in [-0.3, -0.25) is 9.59 Å². The molecule has 1 aliphatic rings. The van der Waals surface area contributed by atoms with Crippen LogP contribution in [0.15, 0.2) is 6.07 Å². The van der Waals surface area contributed by atoms with E-state index in [2.05, 4.69) is 39.1 Å². The number of hydrogen-bond donors (Lipinski definition) is 1. The molecule has 24 heavy (non-hydrogen) atoms. The van der Waals surface area contributed by atoms with Crippen LogP contribution in [-0.2, 0) is 16.0 Å². The minimum atomic E-state index is 0.0436. The third-order valence-electron chi connectivity index (χ3n) is 5.51. The molecule has 0 atom stereocenters. The van der Waals surface area contributed by atoms with Crippen LogP contribution in [0.25, 0.3) is 0 Å². The van der Waals surface area contributed by atoms with E-state index < -0.39 is 0 Å². The SMILES string of the molecule is CC(=O)N1CCC(C(=O)NCCc2c(C)c(C)cc(C)c2C)CC1. The molecule has 1 N–H and O–H groups in total. The summed E-state index contributed by atoms with van der Waals surface area (Å²) >= 11 is 0. The number of nitrogens with one attached hydrogen (secondary N) is 1. The zero-order valence-corrected chi connectivity index (χ0v) is 15.7. The van der Waals surface area contributed by atoms with E-state index in [0.717, 1.165) is 19.3 Å². The first-order valence-electron chi connectivity index (χ1n) is 8.90. The monoisotopic (exact) mass is 330 g/mol. The van der Waals surface area contributed by atoms with Crippen LogP contribution >= 0.6 is 0 Å². The molecule has 2 rings (SSSR count). The summed E-state index contributed by atoms with van der Waals surface area (Å²) in [5, 5.41) is 3.10. The number of hydrogen-bond acceptors (Lipinski definition) is 2. The summed E-state index contributed by atoms with van der Waals surface area (Å²) in [4.78, 5) is 25.5. The fourth-order valence-electron chi connectivity index (χ4n) is 3.59. The Morgan fingerprint density at radius 1 is 1.08 bits per heavy atom. The largest absolute Gasteiger partial charge is 0.356 e. The third kappa shape index (κ3) is 4.16. The standard InChI is InChI=1S/C20H30N2O2/c1-13-12-14(2)16(4)19(15(13)3)6-9-21-20(24)18-7-10-22(11-8-18)17(5)23/h12,18H,6-11H2,1-5H3,(H,21,24). The van der Waals surface area contributed by atoms with Crippen LogP contribution in [-0.4, -0.2) is 36.3 Å². The van der Waals surface area contributed by atoms with E-state index in [0.29, 0.717) is 19.6 Å². The highest BCUT2D eigenvalue weighted by Gasteiger charge is 2.25. The summed E-state index contributed by atoms with van der Waals surface area (Å²) in [5.74, 6) is 0.287. The lowest BCUT2D eigenvalue weighted by Crippen LogP contribution is -2.42. The molecule has 0 bridgehead atoms. The fraction of sp³-hybridized carbons (Fsp3) is 0.600. The smallest absolute Gasteiger partial charge is 0.223 e. The first-order valence-corrected chi connectivity index (χ1v) is 8.90. The predicted molar refractivity (Wildman–Crippen MR) is 97.1 cm³/mol. The zero-order valence-electron chi connectivity index (χ0n) is 15.7. The van der Waals surface area contributed by atoms with Gasteiger partial charge in [0.25, 0.3) is 0 Å². The summed E-state index contributed by atoms with van der Waals surface area (Å²) in [6, 6.07) is 2.23. The van der Waals surface area contributed by atoms with Crippen molar-refractivity contribution in [1.82, 2.24) is 10.2 Å². The Morgan fingerprint density at radius 2 is 1.62 bits per heavy atom.